The van der Waals surface area contributed by atoms with Crippen LogP contribution >= 0.6 is 0 Å². The van der Waals surface area contributed by atoms with E-state index in [2.05, 4.69) is 0 Å². The zero-order chi connectivity index (χ0) is 13.1. The first-order chi connectivity index (χ1) is 8.61. The number of ketones is 1. The molecule has 0 radical (unpaired) electrons. The van der Waals surface area contributed by atoms with E-state index in [1.54, 1.807) is 24.3 Å². The molecule has 2 aromatic rings. The lowest BCUT2D eigenvalue weighted by Gasteiger charge is -2.07. The SMILES string of the molecule is COc1ccccc1C(=O)c1cc(F)cc(F)c1. The average molecular weight is 248 g/mol. The highest BCUT2D eigenvalue weighted by molar-refractivity contribution is 6.10. The number of methoxy groups -OCH3 is 1. The van der Waals surface area contributed by atoms with E-state index in [0.29, 0.717) is 5.75 Å². The van der Waals surface area contributed by atoms with E-state index in [1.165, 1.54) is 7.11 Å². The molecule has 0 aromatic heterocycles. The van der Waals surface area contributed by atoms with Crippen LogP contribution in [0.3, 0.4) is 0 Å². The summed E-state index contributed by atoms with van der Waals surface area (Å²) in [6, 6.07) is 9.24. The number of ether oxygens (including phenoxy) is 1. The minimum absolute atomic E-state index is 0.0444. The van der Waals surface area contributed by atoms with Crippen molar-refractivity contribution >= 4 is 5.78 Å². The van der Waals surface area contributed by atoms with Crippen molar-refractivity contribution in [2.45, 2.75) is 0 Å². The minimum Gasteiger partial charge on any atom is -0.496 e. The predicted molar refractivity (Wildman–Crippen MR) is 62.8 cm³/mol. The Labute approximate surface area is 103 Å². The molecule has 0 aliphatic heterocycles. The second-order valence-electron chi connectivity index (χ2n) is 3.69. The molecule has 0 saturated heterocycles. The van der Waals surface area contributed by atoms with Crippen molar-refractivity contribution in [1.82, 2.24) is 0 Å². The molecule has 2 aromatic carbocycles. The van der Waals surface area contributed by atoms with Gasteiger partial charge in [-0.25, -0.2) is 8.78 Å². The van der Waals surface area contributed by atoms with Crippen LogP contribution in [0, 0.1) is 11.6 Å². The lowest BCUT2D eigenvalue weighted by Crippen LogP contribution is -2.04. The minimum atomic E-state index is -0.784. The molecule has 0 atom stereocenters. The molecule has 0 bridgehead atoms. The Morgan fingerprint density at radius 1 is 1.06 bits per heavy atom. The molecular formula is C14H10F2O2. The maximum Gasteiger partial charge on any atom is 0.196 e. The Bertz CT molecular complexity index is 574. The summed E-state index contributed by atoms with van der Waals surface area (Å²) >= 11 is 0. The fourth-order valence-corrected chi connectivity index (χ4v) is 1.67. The molecule has 0 unspecified atom stereocenters. The van der Waals surface area contributed by atoms with Gasteiger partial charge in [0.1, 0.15) is 17.4 Å². The van der Waals surface area contributed by atoms with Crippen LogP contribution in [0.5, 0.6) is 5.75 Å². The van der Waals surface area contributed by atoms with Gasteiger partial charge in [0.15, 0.2) is 5.78 Å². The second-order valence-corrected chi connectivity index (χ2v) is 3.69. The van der Waals surface area contributed by atoms with Crippen LogP contribution in [0.15, 0.2) is 42.5 Å². The molecule has 0 aliphatic rings. The van der Waals surface area contributed by atoms with E-state index >= 15 is 0 Å². The van der Waals surface area contributed by atoms with Gasteiger partial charge < -0.3 is 4.74 Å². The molecule has 0 heterocycles. The number of rotatable bonds is 3. The number of halogens is 2. The summed E-state index contributed by atoms with van der Waals surface area (Å²) in [6.07, 6.45) is 0. The number of benzene rings is 2. The molecule has 0 saturated carbocycles. The Morgan fingerprint density at radius 3 is 2.28 bits per heavy atom. The topological polar surface area (TPSA) is 26.3 Å². The normalized spacial score (nSPS) is 10.2. The zero-order valence-corrected chi connectivity index (χ0v) is 9.61. The number of hydrogen-bond donors (Lipinski definition) is 0. The summed E-state index contributed by atoms with van der Waals surface area (Å²) in [5.41, 5.74) is 0.224. The third-order valence-electron chi connectivity index (χ3n) is 2.48. The standard InChI is InChI=1S/C14H10F2O2/c1-18-13-5-3-2-4-12(13)14(17)9-6-10(15)8-11(16)7-9/h2-8H,1H3. The monoisotopic (exact) mass is 248 g/mol. The first kappa shape index (κ1) is 12.2. The highest BCUT2D eigenvalue weighted by Crippen LogP contribution is 2.21. The summed E-state index contributed by atoms with van der Waals surface area (Å²) in [5, 5.41) is 0. The molecule has 0 spiro atoms. The van der Waals surface area contributed by atoms with Gasteiger partial charge in [-0.15, -0.1) is 0 Å². The lowest BCUT2D eigenvalue weighted by atomic mass is 10.0. The fraction of sp³-hybridized carbons (Fsp3) is 0.0714. The summed E-state index contributed by atoms with van der Waals surface area (Å²) in [4.78, 5) is 12.1. The van der Waals surface area contributed by atoms with Gasteiger partial charge in [0.2, 0.25) is 0 Å². The highest BCUT2D eigenvalue weighted by Gasteiger charge is 2.15. The van der Waals surface area contributed by atoms with Crippen molar-refractivity contribution in [1.29, 1.82) is 0 Å². The molecular weight excluding hydrogens is 238 g/mol. The third kappa shape index (κ3) is 2.37. The Hall–Kier alpha value is -2.23. The van der Waals surface area contributed by atoms with Crippen molar-refractivity contribution in [3.63, 3.8) is 0 Å². The van der Waals surface area contributed by atoms with E-state index in [0.717, 1.165) is 18.2 Å². The lowest BCUT2D eigenvalue weighted by molar-refractivity contribution is 0.103. The second kappa shape index (κ2) is 4.96. The molecule has 2 nitrogen and oxygen atoms in total. The summed E-state index contributed by atoms with van der Waals surface area (Å²) in [5.74, 6) is -1.68. The first-order valence-electron chi connectivity index (χ1n) is 5.25. The summed E-state index contributed by atoms with van der Waals surface area (Å²) < 4.78 is 31.2. The van der Waals surface area contributed by atoms with E-state index in [9.17, 15) is 13.6 Å². The van der Waals surface area contributed by atoms with Crippen LogP contribution in [0.2, 0.25) is 0 Å². The van der Waals surface area contributed by atoms with Crippen molar-refractivity contribution < 1.29 is 18.3 Å². The number of carbonyl (C=O) groups excluding carboxylic acids is 1. The Morgan fingerprint density at radius 2 is 1.67 bits per heavy atom. The maximum absolute atomic E-state index is 13.1. The van der Waals surface area contributed by atoms with Crippen molar-refractivity contribution in [2.75, 3.05) is 7.11 Å². The average Bonchev–Trinajstić information content (AvgIpc) is 2.36. The van der Waals surface area contributed by atoms with Gasteiger partial charge >= 0.3 is 0 Å². The van der Waals surface area contributed by atoms with Crippen LogP contribution in [0.25, 0.3) is 0 Å². The smallest absolute Gasteiger partial charge is 0.196 e. The fourth-order valence-electron chi connectivity index (χ4n) is 1.67. The molecule has 0 N–H and O–H groups in total. The van der Waals surface area contributed by atoms with Gasteiger partial charge in [-0.05, 0) is 24.3 Å². The van der Waals surface area contributed by atoms with Gasteiger partial charge in [-0.3, -0.25) is 4.79 Å². The molecule has 92 valence electrons. The largest absolute Gasteiger partial charge is 0.496 e. The maximum atomic E-state index is 13.1. The van der Waals surface area contributed by atoms with E-state index < -0.39 is 17.4 Å². The van der Waals surface area contributed by atoms with Crippen molar-refractivity contribution in [3.8, 4) is 5.75 Å². The first-order valence-corrected chi connectivity index (χ1v) is 5.25. The summed E-state index contributed by atoms with van der Waals surface area (Å²) in [7, 11) is 1.43. The van der Waals surface area contributed by atoms with Gasteiger partial charge in [0, 0.05) is 11.6 Å². The van der Waals surface area contributed by atoms with Crippen LogP contribution in [0.4, 0.5) is 8.78 Å². The van der Waals surface area contributed by atoms with E-state index in [-0.39, 0.29) is 11.1 Å². The number of carbonyl (C=O) groups is 1. The number of hydrogen-bond acceptors (Lipinski definition) is 2. The summed E-state index contributed by atoms with van der Waals surface area (Å²) in [6.45, 7) is 0. The molecule has 0 fully saturated rings. The van der Waals surface area contributed by atoms with Crippen molar-refractivity contribution in [2.24, 2.45) is 0 Å². The molecule has 0 amide bonds. The van der Waals surface area contributed by atoms with Gasteiger partial charge in [-0.2, -0.15) is 0 Å². The van der Waals surface area contributed by atoms with Gasteiger partial charge in [0.25, 0.3) is 0 Å². The van der Waals surface area contributed by atoms with Crippen LogP contribution in [-0.2, 0) is 0 Å². The van der Waals surface area contributed by atoms with E-state index in [1.807, 2.05) is 0 Å². The quantitative estimate of drug-likeness (QED) is 0.780. The highest BCUT2D eigenvalue weighted by atomic mass is 19.1. The van der Waals surface area contributed by atoms with Gasteiger partial charge in [-0.1, -0.05) is 12.1 Å². The van der Waals surface area contributed by atoms with Crippen molar-refractivity contribution in [3.05, 3.63) is 65.2 Å². The Kier molecular flexibility index (Phi) is 3.37. The predicted octanol–water partition coefficient (Wildman–Crippen LogP) is 3.20. The molecule has 4 heteroatoms. The van der Waals surface area contributed by atoms with E-state index in [4.69, 9.17) is 4.74 Å². The van der Waals surface area contributed by atoms with Gasteiger partial charge in [0.05, 0.1) is 12.7 Å². The molecule has 0 aliphatic carbocycles. The molecule has 2 rings (SSSR count). The number of para-hydroxylation sites is 1. The van der Waals surface area contributed by atoms with Crippen LogP contribution in [0.1, 0.15) is 15.9 Å². The Balaban J connectivity index is 2.47. The third-order valence-corrected chi connectivity index (χ3v) is 2.48. The van der Waals surface area contributed by atoms with Crippen LogP contribution in [-0.4, -0.2) is 12.9 Å². The zero-order valence-electron chi connectivity index (χ0n) is 9.61. The molecule has 18 heavy (non-hydrogen) atoms. The van der Waals surface area contributed by atoms with Crippen LogP contribution < -0.4 is 4.74 Å².